The van der Waals surface area contributed by atoms with Gasteiger partial charge in [0.15, 0.2) is 0 Å². The summed E-state index contributed by atoms with van der Waals surface area (Å²) in [6.45, 7) is -0.242. The Balaban J connectivity index is 2.04. The van der Waals surface area contributed by atoms with Gasteiger partial charge in [0.1, 0.15) is 5.69 Å². The number of hydrogen-bond acceptors (Lipinski definition) is 2. The maximum absolute atomic E-state index is 13.1. The SMILES string of the molecule is FC(F)(F)CN1CCn2c(C(F)(F)F)ccc2C12CCNCC2. The average Bonchev–Trinajstić information content (AvgIpc) is 2.87. The average molecular weight is 341 g/mol. The highest BCUT2D eigenvalue weighted by molar-refractivity contribution is 5.28. The molecule has 0 unspecified atom stereocenters. The smallest absolute Gasteiger partial charge is 0.338 e. The Kier molecular flexibility index (Phi) is 3.91. The van der Waals surface area contributed by atoms with E-state index in [4.69, 9.17) is 0 Å². The number of rotatable bonds is 1. The van der Waals surface area contributed by atoms with Crippen molar-refractivity contribution in [2.45, 2.75) is 37.3 Å². The van der Waals surface area contributed by atoms with Crippen LogP contribution in [0.25, 0.3) is 0 Å². The normalized spacial score (nSPS) is 22.3. The van der Waals surface area contributed by atoms with E-state index in [-0.39, 0.29) is 13.1 Å². The Morgan fingerprint density at radius 1 is 1.00 bits per heavy atom. The summed E-state index contributed by atoms with van der Waals surface area (Å²) in [4.78, 5) is 1.31. The molecule has 2 aliphatic heterocycles. The van der Waals surface area contributed by atoms with Gasteiger partial charge in [-0.1, -0.05) is 0 Å². The fourth-order valence-electron chi connectivity index (χ4n) is 3.82. The van der Waals surface area contributed by atoms with Gasteiger partial charge in [-0.2, -0.15) is 26.3 Å². The number of alkyl halides is 6. The van der Waals surface area contributed by atoms with Crippen LogP contribution in [0.4, 0.5) is 26.3 Å². The van der Waals surface area contributed by atoms with E-state index in [1.807, 2.05) is 0 Å². The highest BCUT2D eigenvalue weighted by atomic mass is 19.4. The minimum Gasteiger partial charge on any atom is -0.338 e. The maximum Gasteiger partial charge on any atom is 0.431 e. The van der Waals surface area contributed by atoms with Gasteiger partial charge in [-0.05, 0) is 38.1 Å². The highest BCUT2D eigenvalue weighted by Crippen LogP contribution is 2.44. The first-order chi connectivity index (χ1) is 10.6. The molecule has 0 amide bonds. The first-order valence-corrected chi connectivity index (χ1v) is 7.43. The molecule has 3 nitrogen and oxygen atoms in total. The third-order valence-corrected chi connectivity index (χ3v) is 4.75. The summed E-state index contributed by atoms with van der Waals surface area (Å²) in [6, 6.07) is 2.33. The van der Waals surface area contributed by atoms with E-state index in [1.54, 1.807) is 0 Å². The molecule has 1 spiro atoms. The van der Waals surface area contributed by atoms with Crippen LogP contribution in [-0.2, 0) is 18.3 Å². The fourth-order valence-corrected chi connectivity index (χ4v) is 3.82. The maximum atomic E-state index is 13.1. The zero-order valence-electron chi connectivity index (χ0n) is 12.3. The van der Waals surface area contributed by atoms with Gasteiger partial charge < -0.3 is 9.88 Å². The molecule has 1 fully saturated rings. The monoisotopic (exact) mass is 341 g/mol. The lowest BCUT2D eigenvalue weighted by molar-refractivity contribution is -0.169. The topological polar surface area (TPSA) is 20.2 Å². The van der Waals surface area contributed by atoms with Crippen LogP contribution in [0.5, 0.6) is 0 Å². The summed E-state index contributed by atoms with van der Waals surface area (Å²) < 4.78 is 79.2. The fraction of sp³-hybridized carbons (Fsp3) is 0.714. The molecule has 1 N–H and O–H groups in total. The Morgan fingerprint density at radius 3 is 2.22 bits per heavy atom. The summed E-state index contributed by atoms with van der Waals surface area (Å²) in [5.74, 6) is 0. The van der Waals surface area contributed by atoms with Gasteiger partial charge in [0.25, 0.3) is 0 Å². The van der Waals surface area contributed by atoms with Crippen LogP contribution in [0, 0.1) is 0 Å². The lowest BCUT2D eigenvalue weighted by Gasteiger charge is -2.50. The largest absolute Gasteiger partial charge is 0.431 e. The van der Waals surface area contributed by atoms with Crippen molar-refractivity contribution in [3.63, 3.8) is 0 Å². The molecule has 3 rings (SSSR count). The molecule has 9 heteroatoms. The van der Waals surface area contributed by atoms with Gasteiger partial charge in [-0.3, -0.25) is 4.90 Å². The van der Waals surface area contributed by atoms with Crippen LogP contribution in [-0.4, -0.2) is 41.8 Å². The molecule has 0 radical (unpaired) electrons. The second-order valence-electron chi connectivity index (χ2n) is 6.07. The zero-order valence-corrected chi connectivity index (χ0v) is 12.3. The number of nitrogens with one attached hydrogen (secondary N) is 1. The van der Waals surface area contributed by atoms with Crippen molar-refractivity contribution in [2.75, 3.05) is 26.2 Å². The lowest BCUT2D eigenvalue weighted by Crippen LogP contribution is -2.59. The quantitative estimate of drug-likeness (QED) is 0.793. The molecule has 0 aromatic carbocycles. The second kappa shape index (κ2) is 5.41. The molecule has 1 aromatic rings. The molecule has 2 aliphatic rings. The zero-order chi connectivity index (χ0) is 16.9. The standard InChI is InChI=1S/C14H17F6N3/c15-13(16,17)9-22-7-8-23-10(1-2-11(23)14(18,19)20)12(22)3-5-21-6-4-12/h1-2,21H,3-9H2. The van der Waals surface area contributed by atoms with E-state index < -0.39 is 30.1 Å². The highest BCUT2D eigenvalue weighted by Gasteiger charge is 2.49. The van der Waals surface area contributed by atoms with Gasteiger partial charge in [-0.15, -0.1) is 0 Å². The predicted octanol–water partition coefficient (Wildman–Crippen LogP) is 2.96. The van der Waals surface area contributed by atoms with Gasteiger partial charge in [0.2, 0.25) is 0 Å². The molecule has 1 aromatic heterocycles. The summed E-state index contributed by atoms with van der Waals surface area (Å²) in [6.07, 6.45) is -8.15. The Hall–Kier alpha value is -1.22. The minimum atomic E-state index is -4.50. The van der Waals surface area contributed by atoms with Crippen LogP contribution in [0.2, 0.25) is 0 Å². The molecule has 23 heavy (non-hydrogen) atoms. The van der Waals surface area contributed by atoms with Crippen molar-refractivity contribution in [1.82, 2.24) is 14.8 Å². The third kappa shape index (κ3) is 2.96. The second-order valence-corrected chi connectivity index (χ2v) is 6.07. The van der Waals surface area contributed by atoms with Crippen LogP contribution >= 0.6 is 0 Å². The number of piperidine rings is 1. The van der Waals surface area contributed by atoms with E-state index in [0.717, 1.165) is 10.6 Å². The predicted molar refractivity (Wildman–Crippen MR) is 70.8 cm³/mol. The molecule has 0 aliphatic carbocycles. The number of nitrogens with zero attached hydrogens (tertiary/aromatic N) is 2. The van der Waals surface area contributed by atoms with E-state index in [2.05, 4.69) is 5.32 Å². The van der Waals surface area contributed by atoms with Crippen LogP contribution in [0.15, 0.2) is 12.1 Å². The number of hydrogen-bond donors (Lipinski definition) is 1. The molecule has 0 bridgehead atoms. The Bertz CT molecular complexity index is 568. The van der Waals surface area contributed by atoms with E-state index in [9.17, 15) is 26.3 Å². The van der Waals surface area contributed by atoms with Gasteiger partial charge in [0.05, 0.1) is 12.1 Å². The molecular formula is C14H17F6N3. The summed E-state index contributed by atoms with van der Waals surface area (Å²) in [5, 5.41) is 3.07. The van der Waals surface area contributed by atoms with Gasteiger partial charge >= 0.3 is 12.4 Å². The van der Waals surface area contributed by atoms with Crippen molar-refractivity contribution in [1.29, 1.82) is 0 Å². The van der Waals surface area contributed by atoms with Crippen molar-refractivity contribution < 1.29 is 26.3 Å². The van der Waals surface area contributed by atoms with E-state index in [0.29, 0.717) is 31.6 Å². The van der Waals surface area contributed by atoms with Crippen molar-refractivity contribution in [2.24, 2.45) is 0 Å². The third-order valence-electron chi connectivity index (χ3n) is 4.75. The number of aromatic nitrogens is 1. The Labute approximate surface area is 129 Å². The summed E-state index contributed by atoms with van der Waals surface area (Å²) >= 11 is 0. The van der Waals surface area contributed by atoms with Crippen LogP contribution in [0.3, 0.4) is 0 Å². The van der Waals surface area contributed by atoms with Crippen molar-refractivity contribution in [3.05, 3.63) is 23.5 Å². The minimum absolute atomic E-state index is 0.0374. The van der Waals surface area contributed by atoms with Crippen molar-refractivity contribution >= 4 is 0 Å². The number of fused-ring (bicyclic) bond motifs is 2. The van der Waals surface area contributed by atoms with E-state index in [1.165, 1.54) is 11.0 Å². The Morgan fingerprint density at radius 2 is 1.65 bits per heavy atom. The molecule has 3 heterocycles. The van der Waals surface area contributed by atoms with Gasteiger partial charge in [-0.25, -0.2) is 0 Å². The first kappa shape index (κ1) is 16.6. The number of halogens is 6. The first-order valence-electron chi connectivity index (χ1n) is 7.43. The molecular weight excluding hydrogens is 324 g/mol. The molecule has 130 valence electrons. The van der Waals surface area contributed by atoms with E-state index >= 15 is 0 Å². The van der Waals surface area contributed by atoms with Crippen LogP contribution in [0.1, 0.15) is 24.2 Å². The molecule has 1 saturated heterocycles. The van der Waals surface area contributed by atoms with Gasteiger partial charge in [0, 0.05) is 18.8 Å². The van der Waals surface area contributed by atoms with Crippen LogP contribution < -0.4 is 5.32 Å². The summed E-state index contributed by atoms with van der Waals surface area (Å²) in [7, 11) is 0. The molecule has 0 saturated carbocycles. The lowest BCUT2D eigenvalue weighted by atomic mass is 9.81. The van der Waals surface area contributed by atoms with Crippen molar-refractivity contribution in [3.8, 4) is 0 Å². The summed E-state index contributed by atoms with van der Waals surface area (Å²) in [5.41, 5.74) is -1.42. The molecule has 0 atom stereocenters.